The van der Waals surface area contributed by atoms with Crippen molar-refractivity contribution in [3.63, 3.8) is 0 Å². The van der Waals surface area contributed by atoms with Crippen LogP contribution >= 0.6 is 0 Å². The molecule has 8 heteroatoms. The standard InChI is InChI=1S/C24H27N5O3/c1-27(2)23-18(13-17-8-9-19(32-4)14-20(17)26-23)15-29(11-12-31-3)24(30)21-16-28-10-6-5-7-22(28)25-21/h5-10,13-14,16H,11-12,15H2,1-4H3. The molecule has 0 aliphatic heterocycles. The van der Waals surface area contributed by atoms with Crippen LogP contribution in [0.4, 0.5) is 5.82 Å². The van der Waals surface area contributed by atoms with Gasteiger partial charge in [0.15, 0.2) is 0 Å². The number of hydrogen-bond acceptors (Lipinski definition) is 6. The summed E-state index contributed by atoms with van der Waals surface area (Å²) in [5.41, 5.74) is 2.92. The molecule has 0 unspecified atom stereocenters. The van der Waals surface area contributed by atoms with Crippen LogP contribution in [0, 0.1) is 0 Å². The van der Waals surface area contributed by atoms with Crippen molar-refractivity contribution in [1.82, 2.24) is 19.3 Å². The minimum atomic E-state index is -0.148. The molecule has 0 saturated heterocycles. The first-order chi connectivity index (χ1) is 15.5. The van der Waals surface area contributed by atoms with E-state index in [1.165, 1.54) is 0 Å². The number of carbonyl (C=O) groups excluding carboxylic acids is 1. The van der Waals surface area contributed by atoms with Gasteiger partial charge in [0.1, 0.15) is 22.9 Å². The number of hydrogen-bond donors (Lipinski definition) is 0. The van der Waals surface area contributed by atoms with Crippen LogP contribution in [0.1, 0.15) is 16.1 Å². The fourth-order valence-corrected chi connectivity index (χ4v) is 3.67. The number of anilines is 1. The van der Waals surface area contributed by atoms with Gasteiger partial charge in [0.25, 0.3) is 5.91 Å². The summed E-state index contributed by atoms with van der Waals surface area (Å²) in [6, 6.07) is 13.6. The molecule has 0 spiro atoms. The van der Waals surface area contributed by atoms with E-state index in [0.29, 0.717) is 25.4 Å². The van der Waals surface area contributed by atoms with Crippen molar-refractivity contribution in [3.05, 3.63) is 66.1 Å². The Morgan fingerprint density at radius 2 is 1.94 bits per heavy atom. The van der Waals surface area contributed by atoms with Crippen LogP contribution in [0.5, 0.6) is 5.75 Å². The minimum Gasteiger partial charge on any atom is -0.497 e. The molecule has 0 fully saturated rings. The van der Waals surface area contributed by atoms with Gasteiger partial charge >= 0.3 is 0 Å². The van der Waals surface area contributed by atoms with E-state index in [2.05, 4.69) is 11.1 Å². The second-order valence-electron chi connectivity index (χ2n) is 7.74. The molecule has 3 aromatic heterocycles. The van der Waals surface area contributed by atoms with Crippen LogP contribution < -0.4 is 9.64 Å². The summed E-state index contributed by atoms with van der Waals surface area (Å²) in [5.74, 6) is 1.41. The third-order valence-corrected chi connectivity index (χ3v) is 5.30. The fraction of sp³-hybridized carbons (Fsp3) is 0.292. The van der Waals surface area contributed by atoms with Crippen LogP contribution in [0.25, 0.3) is 16.6 Å². The highest BCUT2D eigenvalue weighted by Gasteiger charge is 2.21. The fourth-order valence-electron chi connectivity index (χ4n) is 3.67. The number of pyridine rings is 2. The number of carbonyl (C=O) groups is 1. The number of fused-ring (bicyclic) bond motifs is 2. The maximum atomic E-state index is 13.4. The van der Waals surface area contributed by atoms with Crippen molar-refractivity contribution >= 4 is 28.3 Å². The van der Waals surface area contributed by atoms with Crippen LogP contribution in [-0.2, 0) is 11.3 Å². The van der Waals surface area contributed by atoms with E-state index in [9.17, 15) is 4.79 Å². The number of ether oxygens (including phenoxy) is 2. The molecule has 32 heavy (non-hydrogen) atoms. The Hall–Kier alpha value is -3.65. The maximum absolute atomic E-state index is 13.4. The third-order valence-electron chi connectivity index (χ3n) is 5.30. The molecule has 0 aliphatic carbocycles. The van der Waals surface area contributed by atoms with Crippen LogP contribution in [0.2, 0.25) is 0 Å². The number of aromatic nitrogens is 3. The molecule has 166 valence electrons. The summed E-state index contributed by atoms with van der Waals surface area (Å²) in [6.07, 6.45) is 3.64. The van der Waals surface area contributed by atoms with E-state index in [-0.39, 0.29) is 5.91 Å². The van der Waals surface area contributed by atoms with Crippen LogP contribution in [0.15, 0.2) is 54.9 Å². The SMILES string of the molecule is COCCN(Cc1cc2ccc(OC)cc2nc1N(C)C)C(=O)c1cn2ccccc2n1. The molecule has 0 aliphatic rings. The smallest absolute Gasteiger partial charge is 0.274 e. The molecule has 0 N–H and O–H groups in total. The number of nitrogens with zero attached hydrogens (tertiary/aromatic N) is 5. The Bertz CT molecular complexity index is 1220. The molecular formula is C24H27N5O3. The van der Waals surface area contributed by atoms with Crippen molar-refractivity contribution in [3.8, 4) is 5.75 Å². The maximum Gasteiger partial charge on any atom is 0.274 e. The second kappa shape index (κ2) is 9.23. The van der Waals surface area contributed by atoms with Crippen molar-refractivity contribution in [2.24, 2.45) is 0 Å². The first-order valence-corrected chi connectivity index (χ1v) is 10.4. The monoisotopic (exact) mass is 433 g/mol. The molecule has 1 amide bonds. The topological polar surface area (TPSA) is 72.2 Å². The first-order valence-electron chi connectivity index (χ1n) is 10.4. The van der Waals surface area contributed by atoms with Gasteiger partial charge in [-0.15, -0.1) is 0 Å². The third kappa shape index (κ3) is 4.36. The quantitative estimate of drug-likeness (QED) is 0.425. The highest BCUT2D eigenvalue weighted by Crippen LogP contribution is 2.27. The lowest BCUT2D eigenvalue weighted by molar-refractivity contribution is 0.0675. The lowest BCUT2D eigenvalue weighted by Crippen LogP contribution is -2.34. The van der Waals surface area contributed by atoms with Gasteiger partial charge in [-0.1, -0.05) is 6.07 Å². The summed E-state index contributed by atoms with van der Waals surface area (Å²) < 4.78 is 12.5. The van der Waals surface area contributed by atoms with Crippen LogP contribution in [0.3, 0.4) is 0 Å². The van der Waals surface area contributed by atoms with Crippen LogP contribution in [-0.4, -0.2) is 66.6 Å². The summed E-state index contributed by atoms with van der Waals surface area (Å²) in [6.45, 7) is 1.25. The van der Waals surface area contributed by atoms with E-state index >= 15 is 0 Å². The zero-order chi connectivity index (χ0) is 22.7. The van der Waals surface area contributed by atoms with E-state index in [4.69, 9.17) is 14.5 Å². The van der Waals surface area contributed by atoms with Gasteiger partial charge in [-0.25, -0.2) is 9.97 Å². The molecule has 8 nitrogen and oxygen atoms in total. The van der Waals surface area contributed by atoms with Crippen molar-refractivity contribution < 1.29 is 14.3 Å². The number of rotatable bonds is 8. The predicted molar refractivity (Wildman–Crippen MR) is 124 cm³/mol. The minimum absolute atomic E-state index is 0.148. The van der Waals surface area contributed by atoms with Gasteiger partial charge in [0, 0.05) is 63.7 Å². The Morgan fingerprint density at radius 1 is 1.09 bits per heavy atom. The normalized spacial score (nSPS) is 11.1. The summed E-state index contributed by atoms with van der Waals surface area (Å²) in [4.78, 5) is 26.4. The molecule has 0 atom stereocenters. The number of amides is 1. The zero-order valence-corrected chi connectivity index (χ0v) is 18.8. The Balaban J connectivity index is 1.71. The lowest BCUT2D eigenvalue weighted by Gasteiger charge is -2.25. The summed E-state index contributed by atoms with van der Waals surface area (Å²) in [7, 11) is 7.16. The lowest BCUT2D eigenvalue weighted by atomic mass is 10.1. The Kier molecular flexibility index (Phi) is 6.23. The number of benzene rings is 1. The van der Waals surface area contributed by atoms with Gasteiger partial charge in [-0.3, -0.25) is 4.79 Å². The highest BCUT2D eigenvalue weighted by molar-refractivity contribution is 5.93. The average Bonchev–Trinajstić information content (AvgIpc) is 3.24. The molecule has 0 bridgehead atoms. The number of imidazole rings is 1. The van der Waals surface area contributed by atoms with E-state index in [1.54, 1.807) is 25.3 Å². The van der Waals surface area contributed by atoms with Gasteiger partial charge < -0.3 is 23.7 Å². The van der Waals surface area contributed by atoms with Gasteiger partial charge in [-0.05, 0) is 30.3 Å². The van der Waals surface area contributed by atoms with E-state index in [0.717, 1.165) is 33.7 Å². The Labute approximate surface area is 187 Å². The molecular weight excluding hydrogens is 406 g/mol. The largest absolute Gasteiger partial charge is 0.497 e. The zero-order valence-electron chi connectivity index (χ0n) is 18.8. The van der Waals surface area contributed by atoms with E-state index < -0.39 is 0 Å². The molecule has 0 saturated carbocycles. The second-order valence-corrected chi connectivity index (χ2v) is 7.74. The summed E-state index contributed by atoms with van der Waals surface area (Å²) in [5, 5.41) is 0.985. The molecule has 4 rings (SSSR count). The van der Waals surface area contributed by atoms with Gasteiger partial charge in [-0.2, -0.15) is 0 Å². The predicted octanol–water partition coefficient (Wildman–Crippen LogP) is 3.25. The van der Waals surface area contributed by atoms with Crippen molar-refractivity contribution in [2.75, 3.05) is 46.4 Å². The van der Waals surface area contributed by atoms with Crippen molar-refractivity contribution in [2.45, 2.75) is 6.54 Å². The Morgan fingerprint density at radius 3 is 2.66 bits per heavy atom. The average molecular weight is 434 g/mol. The van der Waals surface area contributed by atoms with Gasteiger partial charge in [0.05, 0.1) is 19.2 Å². The molecule has 4 aromatic rings. The van der Waals surface area contributed by atoms with Gasteiger partial charge in [0.2, 0.25) is 0 Å². The number of methoxy groups -OCH3 is 2. The molecule has 0 radical (unpaired) electrons. The van der Waals surface area contributed by atoms with Crippen molar-refractivity contribution in [1.29, 1.82) is 0 Å². The molecule has 1 aromatic carbocycles. The first kappa shape index (κ1) is 21.6. The highest BCUT2D eigenvalue weighted by atomic mass is 16.5. The van der Waals surface area contributed by atoms with E-state index in [1.807, 2.05) is 66.0 Å². The summed E-state index contributed by atoms with van der Waals surface area (Å²) >= 11 is 0. The molecule has 3 heterocycles.